The summed E-state index contributed by atoms with van der Waals surface area (Å²) in [6.45, 7) is 0.815. The molecule has 156 valence electrons. The minimum atomic E-state index is -0.227. The van der Waals surface area contributed by atoms with Crippen molar-refractivity contribution in [3.63, 3.8) is 0 Å². The molecule has 3 aromatic rings. The van der Waals surface area contributed by atoms with Crippen molar-refractivity contribution in [2.45, 2.75) is 12.5 Å². The Balaban J connectivity index is 1.84. The van der Waals surface area contributed by atoms with Crippen LogP contribution < -0.4 is 20.3 Å². The van der Waals surface area contributed by atoms with Crippen molar-refractivity contribution >= 4 is 17.3 Å². The maximum atomic E-state index is 13.0. The van der Waals surface area contributed by atoms with Gasteiger partial charge in [0, 0.05) is 32.9 Å². The highest BCUT2D eigenvalue weighted by molar-refractivity contribution is 6.08. The van der Waals surface area contributed by atoms with Crippen LogP contribution in [0.5, 0.6) is 5.75 Å². The highest BCUT2D eigenvalue weighted by Gasteiger charge is 2.18. The smallest absolute Gasteiger partial charge is 0.259 e. The van der Waals surface area contributed by atoms with Gasteiger partial charge in [0.05, 0.1) is 16.9 Å². The van der Waals surface area contributed by atoms with Gasteiger partial charge in [-0.25, -0.2) is 0 Å². The van der Waals surface area contributed by atoms with Crippen molar-refractivity contribution in [1.82, 2.24) is 10.3 Å². The fraction of sp³-hybridized carbons (Fsp3) is 0.250. The highest BCUT2D eigenvalue weighted by Crippen LogP contribution is 2.31. The third kappa shape index (κ3) is 5.36. The van der Waals surface area contributed by atoms with E-state index in [2.05, 4.69) is 27.8 Å². The fourth-order valence-corrected chi connectivity index (χ4v) is 3.20. The number of nitrogens with zero attached hydrogens (tertiary/aromatic N) is 2. The Kier molecular flexibility index (Phi) is 7.40. The molecule has 3 rings (SSSR count). The molecule has 6 nitrogen and oxygen atoms in total. The van der Waals surface area contributed by atoms with Crippen LogP contribution in [0.4, 0.5) is 11.4 Å². The number of anilines is 2. The fourth-order valence-electron chi connectivity index (χ4n) is 3.20. The second-order valence-electron chi connectivity index (χ2n) is 7.15. The molecule has 30 heavy (non-hydrogen) atoms. The van der Waals surface area contributed by atoms with Gasteiger partial charge >= 0.3 is 0 Å². The number of benzene rings is 2. The zero-order valence-corrected chi connectivity index (χ0v) is 17.6. The van der Waals surface area contributed by atoms with Crippen LogP contribution in [0.25, 0.3) is 0 Å². The van der Waals surface area contributed by atoms with Crippen molar-refractivity contribution in [3.05, 3.63) is 84.2 Å². The summed E-state index contributed by atoms with van der Waals surface area (Å²) in [5, 5.41) is 6.17. The Morgan fingerprint density at radius 1 is 1.07 bits per heavy atom. The van der Waals surface area contributed by atoms with Gasteiger partial charge in [0.2, 0.25) is 0 Å². The number of aromatic nitrogens is 1. The lowest BCUT2D eigenvalue weighted by Gasteiger charge is -2.22. The number of carbonyl (C=O) groups is 1. The van der Waals surface area contributed by atoms with Crippen LogP contribution >= 0.6 is 0 Å². The van der Waals surface area contributed by atoms with Crippen molar-refractivity contribution in [1.29, 1.82) is 0 Å². The van der Waals surface area contributed by atoms with Gasteiger partial charge in [-0.2, -0.15) is 0 Å². The maximum absolute atomic E-state index is 13.0. The summed E-state index contributed by atoms with van der Waals surface area (Å²) in [5.74, 6) is 0.403. The largest absolute Gasteiger partial charge is 0.484 e. The summed E-state index contributed by atoms with van der Waals surface area (Å²) in [4.78, 5) is 19.0. The molecule has 1 amide bonds. The molecule has 1 heterocycles. The predicted molar refractivity (Wildman–Crippen MR) is 121 cm³/mol. The number of ether oxygens (including phenoxy) is 1. The summed E-state index contributed by atoms with van der Waals surface area (Å²) in [6.07, 6.45) is 3.92. The Morgan fingerprint density at radius 2 is 1.80 bits per heavy atom. The molecule has 0 bridgehead atoms. The first-order chi connectivity index (χ1) is 14.6. The molecule has 0 spiro atoms. The van der Waals surface area contributed by atoms with E-state index in [1.165, 1.54) is 0 Å². The number of nitrogens with one attached hydrogen (secondary N) is 2. The number of para-hydroxylation sites is 2. The van der Waals surface area contributed by atoms with Gasteiger partial charge in [0.1, 0.15) is 11.9 Å². The summed E-state index contributed by atoms with van der Waals surface area (Å²) in [7, 11) is 5.72. The minimum Gasteiger partial charge on any atom is -0.484 e. The van der Waals surface area contributed by atoms with E-state index in [9.17, 15) is 4.79 Å². The second-order valence-corrected chi connectivity index (χ2v) is 7.15. The van der Waals surface area contributed by atoms with Gasteiger partial charge in [0.15, 0.2) is 0 Å². The Labute approximate surface area is 177 Å². The molecule has 1 aromatic heterocycles. The van der Waals surface area contributed by atoms with Gasteiger partial charge in [-0.3, -0.25) is 9.78 Å². The molecule has 6 heteroatoms. The van der Waals surface area contributed by atoms with Crippen LogP contribution in [0.3, 0.4) is 0 Å². The number of rotatable bonds is 9. The number of pyridine rings is 1. The summed E-state index contributed by atoms with van der Waals surface area (Å²) in [6, 6.07) is 19.4. The standard InChI is InChI=1S/C24H28N4O2/c1-25-15-14-22(18-9-5-4-6-10-18)30-23-12-8-7-11-20(23)27-24(29)19-17-26-16-13-21(19)28(2)3/h4-13,16-17,22,25H,14-15H2,1-3H3,(H,27,29). The number of hydrogen-bond acceptors (Lipinski definition) is 5. The Bertz CT molecular complexity index is 960. The second kappa shape index (κ2) is 10.4. The van der Waals surface area contributed by atoms with Gasteiger partial charge in [-0.05, 0) is 37.4 Å². The van der Waals surface area contributed by atoms with Crippen LogP contribution in [0.2, 0.25) is 0 Å². The van der Waals surface area contributed by atoms with E-state index in [0.29, 0.717) is 17.0 Å². The Hall–Kier alpha value is -3.38. The monoisotopic (exact) mass is 404 g/mol. The first-order valence-electron chi connectivity index (χ1n) is 9.98. The lowest BCUT2D eigenvalue weighted by molar-refractivity contribution is 0.102. The van der Waals surface area contributed by atoms with Crippen LogP contribution in [-0.2, 0) is 0 Å². The first kappa shape index (κ1) is 21.3. The normalized spacial score (nSPS) is 11.6. The summed E-state index contributed by atoms with van der Waals surface area (Å²) in [5.41, 5.74) is 3.03. The maximum Gasteiger partial charge on any atom is 0.259 e. The molecule has 2 N–H and O–H groups in total. The van der Waals surface area contributed by atoms with E-state index in [0.717, 1.165) is 24.2 Å². The third-order valence-electron chi connectivity index (χ3n) is 4.76. The van der Waals surface area contributed by atoms with Crippen LogP contribution in [-0.4, -0.2) is 38.6 Å². The number of carbonyl (C=O) groups excluding carboxylic acids is 1. The average molecular weight is 405 g/mol. The molecule has 0 radical (unpaired) electrons. The van der Waals surface area contributed by atoms with E-state index in [1.807, 2.05) is 74.6 Å². The highest BCUT2D eigenvalue weighted by atomic mass is 16.5. The average Bonchev–Trinajstić information content (AvgIpc) is 2.78. The quantitative estimate of drug-likeness (QED) is 0.561. The van der Waals surface area contributed by atoms with Gasteiger partial charge < -0.3 is 20.3 Å². The molecule has 0 saturated carbocycles. The minimum absolute atomic E-state index is 0.132. The molecule has 0 aliphatic carbocycles. The molecule has 0 aliphatic rings. The van der Waals surface area contributed by atoms with Crippen molar-refractivity contribution in [2.75, 3.05) is 37.9 Å². The number of amides is 1. The predicted octanol–water partition coefficient (Wildman–Crippen LogP) is 4.13. The lowest BCUT2D eigenvalue weighted by Crippen LogP contribution is -2.20. The van der Waals surface area contributed by atoms with Crippen molar-refractivity contribution < 1.29 is 9.53 Å². The molecule has 1 atom stereocenters. The molecule has 2 aromatic carbocycles. The third-order valence-corrected chi connectivity index (χ3v) is 4.76. The Morgan fingerprint density at radius 3 is 2.53 bits per heavy atom. The van der Waals surface area contributed by atoms with E-state index >= 15 is 0 Å². The van der Waals surface area contributed by atoms with Crippen LogP contribution in [0, 0.1) is 0 Å². The van der Waals surface area contributed by atoms with E-state index in [-0.39, 0.29) is 12.0 Å². The van der Waals surface area contributed by atoms with Gasteiger partial charge in [-0.1, -0.05) is 42.5 Å². The van der Waals surface area contributed by atoms with Crippen LogP contribution in [0.15, 0.2) is 73.1 Å². The summed E-state index contributed by atoms with van der Waals surface area (Å²) < 4.78 is 6.37. The van der Waals surface area contributed by atoms with E-state index < -0.39 is 0 Å². The molecule has 1 unspecified atom stereocenters. The molecular formula is C24H28N4O2. The lowest BCUT2D eigenvalue weighted by atomic mass is 10.1. The van der Waals surface area contributed by atoms with E-state index in [4.69, 9.17) is 4.74 Å². The molecule has 0 aliphatic heterocycles. The zero-order chi connectivity index (χ0) is 21.3. The van der Waals surface area contributed by atoms with Crippen molar-refractivity contribution in [3.8, 4) is 5.75 Å². The van der Waals surface area contributed by atoms with E-state index in [1.54, 1.807) is 12.4 Å². The molecular weight excluding hydrogens is 376 g/mol. The molecule has 0 saturated heterocycles. The van der Waals surface area contributed by atoms with Gasteiger partial charge in [0.25, 0.3) is 5.91 Å². The van der Waals surface area contributed by atoms with Gasteiger partial charge in [-0.15, -0.1) is 0 Å². The number of hydrogen-bond donors (Lipinski definition) is 2. The SMILES string of the molecule is CNCCC(Oc1ccccc1NC(=O)c1cnccc1N(C)C)c1ccccc1. The van der Waals surface area contributed by atoms with Crippen molar-refractivity contribution in [2.24, 2.45) is 0 Å². The zero-order valence-electron chi connectivity index (χ0n) is 17.6. The summed E-state index contributed by atoms with van der Waals surface area (Å²) >= 11 is 0. The first-order valence-corrected chi connectivity index (χ1v) is 9.98. The topological polar surface area (TPSA) is 66.5 Å². The van der Waals surface area contributed by atoms with Crippen LogP contribution in [0.1, 0.15) is 28.4 Å². The molecule has 0 fully saturated rings.